The van der Waals surface area contributed by atoms with Crippen molar-refractivity contribution in [3.05, 3.63) is 0 Å². The van der Waals surface area contributed by atoms with Gasteiger partial charge in [0, 0.05) is 6.61 Å². The molecule has 0 bridgehead atoms. The second kappa shape index (κ2) is 10.7. The van der Waals surface area contributed by atoms with Gasteiger partial charge in [0.05, 0.1) is 0 Å². The summed E-state index contributed by atoms with van der Waals surface area (Å²) in [7, 11) is 0. The van der Waals surface area contributed by atoms with E-state index in [1.54, 1.807) is 0 Å². The maximum Gasteiger partial charge on any atom is 0.0456 e. The fraction of sp³-hybridized carbons (Fsp3) is 1.00. The van der Waals surface area contributed by atoms with E-state index in [1.165, 1.54) is 38.5 Å². The van der Waals surface area contributed by atoms with Gasteiger partial charge in [-0.25, -0.2) is 0 Å². The summed E-state index contributed by atoms with van der Waals surface area (Å²) in [6.07, 6.45) is 7.72. The van der Waals surface area contributed by atoms with Gasteiger partial charge in [-0.15, -0.1) is 0 Å². The van der Waals surface area contributed by atoms with Gasteiger partial charge >= 0.3 is 0 Å². The predicted octanol–water partition coefficient (Wildman–Crippen LogP) is 6.55. The molecule has 0 aliphatic rings. The van der Waals surface area contributed by atoms with Crippen LogP contribution in [0.2, 0.25) is 0 Å². The monoisotopic (exact) mass is 312 g/mol. The van der Waals surface area contributed by atoms with Crippen molar-refractivity contribution in [2.24, 2.45) is 35.0 Å². The van der Waals surface area contributed by atoms with E-state index < -0.39 is 0 Å². The first kappa shape index (κ1) is 22.0. The van der Waals surface area contributed by atoms with Crippen LogP contribution in [0.25, 0.3) is 0 Å². The number of rotatable bonds is 12. The minimum atomic E-state index is 0.331. The third kappa shape index (κ3) is 7.49. The highest BCUT2D eigenvalue weighted by atomic mass is 16.3. The molecule has 0 fully saturated rings. The molecule has 0 aromatic heterocycles. The highest BCUT2D eigenvalue weighted by molar-refractivity contribution is 4.88. The Kier molecular flexibility index (Phi) is 10.7. The molecule has 0 radical (unpaired) electrons. The molecule has 0 heterocycles. The van der Waals surface area contributed by atoms with Gasteiger partial charge in [0.2, 0.25) is 0 Å². The third-order valence-corrected chi connectivity index (χ3v) is 5.51. The number of aliphatic hydroxyl groups is 1. The Bertz CT molecular complexity index is 271. The van der Waals surface area contributed by atoms with Crippen LogP contribution in [0.4, 0.5) is 0 Å². The lowest BCUT2D eigenvalue weighted by molar-refractivity contribution is 0.0476. The lowest BCUT2D eigenvalue weighted by Crippen LogP contribution is -2.35. The summed E-state index contributed by atoms with van der Waals surface area (Å²) in [5.74, 6) is 3.56. The first-order valence-corrected chi connectivity index (χ1v) is 9.81. The van der Waals surface area contributed by atoms with Crippen LogP contribution in [0, 0.1) is 35.0 Å². The van der Waals surface area contributed by atoms with E-state index in [4.69, 9.17) is 0 Å². The van der Waals surface area contributed by atoms with Gasteiger partial charge in [0.25, 0.3) is 0 Å². The fourth-order valence-corrected chi connectivity index (χ4v) is 4.80. The second-order valence-electron chi connectivity index (χ2n) is 8.88. The molecule has 0 aromatic rings. The van der Waals surface area contributed by atoms with Crippen LogP contribution >= 0.6 is 0 Å². The molecule has 0 spiro atoms. The molecular weight excluding hydrogens is 268 g/mol. The zero-order valence-corrected chi connectivity index (χ0v) is 16.8. The molecule has 134 valence electrons. The molecule has 0 aliphatic carbocycles. The Morgan fingerprint density at radius 2 is 1.36 bits per heavy atom. The standard InChI is InChI=1S/C21H44O/c1-9-20(12-18(7)11-16(3)4)21(10-2,13-17(5)6)14-19(8)15-22/h16-20,22H,9-15H2,1-8H3. The number of hydrogen-bond acceptors (Lipinski definition) is 1. The van der Waals surface area contributed by atoms with Crippen molar-refractivity contribution in [3.63, 3.8) is 0 Å². The third-order valence-electron chi connectivity index (χ3n) is 5.51. The predicted molar refractivity (Wildman–Crippen MR) is 100 cm³/mol. The van der Waals surface area contributed by atoms with Crippen molar-refractivity contribution < 1.29 is 5.11 Å². The lowest BCUT2D eigenvalue weighted by Gasteiger charge is -2.44. The van der Waals surface area contributed by atoms with Crippen molar-refractivity contribution in [3.8, 4) is 0 Å². The molecule has 1 heteroatoms. The van der Waals surface area contributed by atoms with Gasteiger partial charge in [-0.2, -0.15) is 0 Å². The van der Waals surface area contributed by atoms with E-state index in [-0.39, 0.29) is 0 Å². The van der Waals surface area contributed by atoms with Crippen molar-refractivity contribution in [2.45, 2.75) is 93.9 Å². The van der Waals surface area contributed by atoms with Crippen LogP contribution in [-0.4, -0.2) is 11.7 Å². The molecule has 1 N–H and O–H groups in total. The van der Waals surface area contributed by atoms with E-state index in [9.17, 15) is 5.11 Å². The molecule has 22 heavy (non-hydrogen) atoms. The summed E-state index contributed by atoms with van der Waals surface area (Å²) in [6.45, 7) is 19.1. The quantitative estimate of drug-likeness (QED) is 0.433. The largest absolute Gasteiger partial charge is 0.396 e. The van der Waals surface area contributed by atoms with Gasteiger partial charge < -0.3 is 5.11 Å². The van der Waals surface area contributed by atoms with Crippen molar-refractivity contribution in [1.82, 2.24) is 0 Å². The summed E-state index contributed by atoms with van der Waals surface area (Å²) in [5, 5.41) is 9.58. The fourth-order valence-electron chi connectivity index (χ4n) is 4.80. The maximum atomic E-state index is 9.58. The van der Waals surface area contributed by atoms with E-state index >= 15 is 0 Å². The highest BCUT2D eigenvalue weighted by Crippen LogP contribution is 2.48. The van der Waals surface area contributed by atoms with Gasteiger partial charge in [-0.3, -0.25) is 0 Å². The summed E-state index contributed by atoms with van der Waals surface area (Å²) in [6, 6.07) is 0. The second-order valence-corrected chi connectivity index (χ2v) is 8.88. The van der Waals surface area contributed by atoms with Gasteiger partial charge in [0.15, 0.2) is 0 Å². The zero-order valence-electron chi connectivity index (χ0n) is 16.8. The molecule has 0 amide bonds. The molecule has 0 aliphatic heterocycles. The van der Waals surface area contributed by atoms with Gasteiger partial charge in [-0.05, 0) is 60.7 Å². The molecule has 0 saturated carbocycles. The van der Waals surface area contributed by atoms with Crippen LogP contribution in [0.1, 0.15) is 93.9 Å². The molecule has 4 unspecified atom stereocenters. The Morgan fingerprint density at radius 3 is 1.73 bits per heavy atom. The van der Waals surface area contributed by atoms with E-state index in [1.807, 2.05) is 0 Å². The first-order valence-electron chi connectivity index (χ1n) is 9.81. The van der Waals surface area contributed by atoms with E-state index in [2.05, 4.69) is 55.4 Å². The normalized spacial score (nSPS) is 19.2. The summed E-state index contributed by atoms with van der Waals surface area (Å²) in [4.78, 5) is 0. The molecule has 0 aromatic carbocycles. The molecular formula is C21H44O. The van der Waals surface area contributed by atoms with Crippen LogP contribution in [0.15, 0.2) is 0 Å². The summed E-state index contributed by atoms with van der Waals surface area (Å²) >= 11 is 0. The minimum Gasteiger partial charge on any atom is -0.396 e. The van der Waals surface area contributed by atoms with Gasteiger partial charge in [0.1, 0.15) is 0 Å². The van der Waals surface area contributed by atoms with Crippen LogP contribution in [-0.2, 0) is 0 Å². The Morgan fingerprint density at radius 1 is 0.773 bits per heavy atom. The number of hydrogen-bond donors (Lipinski definition) is 1. The topological polar surface area (TPSA) is 20.2 Å². The molecule has 1 nitrogen and oxygen atoms in total. The van der Waals surface area contributed by atoms with Crippen molar-refractivity contribution >= 4 is 0 Å². The molecule has 4 atom stereocenters. The first-order chi connectivity index (χ1) is 10.2. The smallest absolute Gasteiger partial charge is 0.0456 e. The Balaban J connectivity index is 5.20. The Labute approximate surface area is 141 Å². The summed E-state index contributed by atoms with van der Waals surface area (Å²) < 4.78 is 0. The van der Waals surface area contributed by atoms with Crippen LogP contribution < -0.4 is 0 Å². The minimum absolute atomic E-state index is 0.331. The van der Waals surface area contributed by atoms with Crippen molar-refractivity contribution in [1.29, 1.82) is 0 Å². The maximum absolute atomic E-state index is 9.58. The average molecular weight is 313 g/mol. The highest BCUT2D eigenvalue weighted by Gasteiger charge is 2.38. The zero-order chi connectivity index (χ0) is 17.3. The molecule has 0 saturated heterocycles. The summed E-state index contributed by atoms with van der Waals surface area (Å²) in [5.41, 5.74) is 0.413. The SMILES string of the molecule is CCC(CC(C)CC(C)C)C(CC)(CC(C)C)CC(C)CO. The lowest BCUT2D eigenvalue weighted by atomic mass is 9.61. The van der Waals surface area contributed by atoms with E-state index in [0.717, 1.165) is 23.7 Å². The Hall–Kier alpha value is -0.0400. The van der Waals surface area contributed by atoms with Crippen LogP contribution in [0.5, 0.6) is 0 Å². The average Bonchev–Trinajstić information content (AvgIpc) is 2.42. The van der Waals surface area contributed by atoms with Crippen molar-refractivity contribution in [2.75, 3.05) is 6.61 Å². The molecule has 0 rings (SSSR count). The van der Waals surface area contributed by atoms with Gasteiger partial charge in [-0.1, -0.05) is 68.2 Å². The number of aliphatic hydroxyl groups excluding tert-OH is 1. The van der Waals surface area contributed by atoms with Crippen LogP contribution in [0.3, 0.4) is 0 Å². The van der Waals surface area contributed by atoms with E-state index in [0.29, 0.717) is 17.9 Å².